The van der Waals surface area contributed by atoms with Gasteiger partial charge in [-0.25, -0.2) is 0 Å². The maximum atomic E-state index is 5.93. The molecule has 0 saturated carbocycles. The minimum atomic E-state index is 0.416. The third-order valence-corrected chi connectivity index (χ3v) is 8.00. The van der Waals surface area contributed by atoms with Crippen molar-refractivity contribution in [3.63, 3.8) is 0 Å². The number of nitrogen functional groups attached to an aromatic ring is 2. The zero-order valence-electron chi connectivity index (χ0n) is 23.4. The van der Waals surface area contributed by atoms with E-state index < -0.39 is 0 Å². The van der Waals surface area contributed by atoms with E-state index in [1.54, 1.807) is 0 Å². The SMILES string of the molecule is CCCC(c1ccc(N)cc1)c1ccc(CC(CC)c2ccc(C(CCC)c3ccc(N)cc3)cc2)cc1. The highest BCUT2D eigenvalue weighted by Crippen LogP contribution is 2.33. The number of hydrogen-bond acceptors (Lipinski definition) is 2. The molecule has 3 atom stereocenters. The van der Waals surface area contributed by atoms with Crippen LogP contribution in [0.3, 0.4) is 0 Å². The third-order valence-electron chi connectivity index (χ3n) is 8.00. The van der Waals surface area contributed by atoms with Gasteiger partial charge >= 0.3 is 0 Å². The van der Waals surface area contributed by atoms with E-state index in [1.165, 1.54) is 33.4 Å². The zero-order valence-corrected chi connectivity index (χ0v) is 23.4. The van der Waals surface area contributed by atoms with Gasteiger partial charge in [-0.15, -0.1) is 0 Å². The summed E-state index contributed by atoms with van der Waals surface area (Å²) in [6.07, 6.45) is 6.78. The van der Waals surface area contributed by atoms with Gasteiger partial charge in [0.2, 0.25) is 0 Å². The van der Waals surface area contributed by atoms with Gasteiger partial charge < -0.3 is 11.5 Å². The highest BCUT2D eigenvalue weighted by Gasteiger charge is 2.17. The number of anilines is 2. The summed E-state index contributed by atoms with van der Waals surface area (Å²) in [5.41, 5.74) is 21.8. The summed E-state index contributed by atoms with van der Waals surface area (Å²) < 4.78 is 0. The minimum absolute atomic E-state index is 0.416. The van der Waals surface area contributed by atoms with Crippen LogP contribution in [0.1, 0.15) is 104 Å². The molecule has 38 heavy (non-hydrogen) atoms. The Morgan fingerprint density at radius 3 is 1.18 bits per heavy atom. The monoisotopic (exact) mass is 504 g/mol. The van der Waals surface area contributed by atoms with Crippen molar-refractivity contribution in [2.24, 2.45) is 0 Å². The zero-order chi connectivity index (χ0) is 26.9. The quantitative estimate of drug-likeness (QED) is 0.189. The molecule has 4 aromatic rings. The fourth-order valence-electron chi connectivity index (χ4n) is 5.75. The second kappa shape index (κ2) is 13.3. The Morgan fingerprint density at radius 2 is 0.816 bits per heavy atom. The van der Waals surface area contributed by atoms with Crippen molar-refractivity contribution in [3.05, 3.63) is 130 Å². The van der Waals surface area contributed by atoms with Gasteiger partial charge in [0.15, 0.2) is 0 Å². The van der Waals surface area contributed by atoms with Gasteiger partial charge in [0.1, 0.15) is 0 Å². The van der Waals surface area contributed by atoms with Crippen molar-refractivity contribution in [2.45, 2.75) is 77.0 Å². The summed E-state index contributed by atoms with van der Waals surface area (Å²) in [5, 5.41) is 0. The molecule has 0 radical (unpaired) electrons. The maximum Gasteiger partial charge on any atom is 0.0314 e. The Kier molecular flexibility index (Phi) is 9.65. The third kappa shape index (κ3) is 6.86. The largest absolute Gasteiger partial charge is 0.399 e. The molecular weight excluding hydrogens is 460 g/mol. The first-order valence-corrected chi connectivity index (χ1v) is 14.4. The molecular formula is C36H44N2. The Bertz CT molecular complexity index is 1240. The number of hydrogen-bond donors (Lipinski definition) is 2. The molecule has 0 aromatic heterocycles. The fraction of sp³-hybridized carbons (Fsp3) is 0.333. The Balaban J connectivity index is 1.48. The van der Waals surface area contributed by atoms with Gasteiger partial charge in [0.25, 0.3) is 0 Å². The molecule has 4 aromatic carbocycles. The summed E-state index contributed by atoms with van der Waals surface area (Å²) in [6, 6.07) is 35.6. The first kappa shape index (κ1) is 27.5. The lowest BCUT2D eigenvalue weighted by Crippen LogP contribution is -2.05. The minimum Gasteiger partial charge on any atom is -0.399 e. The molecule has 0 aliphatic heterocycles. The smallest absolute Gasteiger partial charge is 0.0314 e. The van der Waals surface area contributed by atoms with E-state index in [9.17, 15) is 0 Å². The summed E-state index contributed by atoms with van der Waals surface area (Å²) in [5.74, 6) is 1.35. The second-order valence-corrected chi connectivity index (χ2v) is 10.7. The van der Waals surface area contributed by atoms with Crippen LogP contribution in [0, 0.1) is 0 Å². The predicted octanol–water partition coefficient (Wildman–Crippen LogP) is 9.45. The lowest BCUT2D eigenvalue weighted by molar-refractivity contribution is 0.656. The van der Waals surface area contributed by atoms with Gasteiger partial charge in [0, 0.05) is 23.2 Å². The van der Waals surface area contributed by atoms with E-state index in [4.69, 9.17) is 11.5 Å². The molecule has 0 heterocycles. The molecule has 2 heteroatoms. The summed E-state index contributed by atoms with van der Waals surface area (Å²) in [4.78, 5) is 0. The number of benzene rings is 4. The highest BCUT2D eigenvalue weighted by molar-refractivity contribution is 5.44. The lowest BCUT2D eigenvalue weighted by atomic mass is 9.84. The van der Waals surface area contributed by atoms with E-state index in [1.807, 2.05) is 24.3 Å². The van der Waals surface area contributed by atoms with Crippen LogP contribution in [-0.4, -0.2) is 0 Å². The van der Waals surface area contributed by atoms with E-state index in [-0.39, 0.29) is 0 Å². The van der Waals surface area contributed by atoms with Crippen LogP contribution in [0.2, 0.25) is 0 Å². The lowest BCUT2D eigenvalue weighted by Gasteiger charge is -2.21. The molecule has 0 aliphatic carbocycles. The van der Waals surface area contributed by atoms with E-state index in [0.717, 1.165) is 49.9 Å². The molecule has 0 spiro atoms. The van der Waals surface area contributed by atoms with Crippen molar-refractivity contribution >= 4 is 11.4 Å². The average molecular weight is 505 g/mol. The highest BCUT2D eigenvalue weighted by atomic mass is 14.5. The number of nitrogens with two attached hydrogens (primary N) is 2. The standard InChI is InChI=1S/C36H44N2/c1-4-7-35(31-17-21-33(37)22-18-31)29-11-9-26(10-12-29)25-27(6-3)28-13-15-30(16-14-28)36(8-5-2)32-19-23-34(38)24-20-32/h9-24,27,35-36H,4-8,25,37-38H2,1-3H3. The maximum absolute atomic E-state index is 5.93. The number of rotatable bonds is 12. The van der Waals surface area contributed by atoms with Gasteiger partial charge in [-0.1, -0.05) is 106 Å². The Hall–Kier alpha value is -3.52. The molecule has 0 saturated heterocycles. The Labute approximate surface area is 230 Å². The van der Waals surface area contributed by atoms with Crippen molar-refractivity contribution in [1.82, 2.24) is 0 Å². The van der Waals surface area contributed by atoms with E-state index in [0.29, 0.717) is 17.8 Å². The first-order valence-electron chi connectivity index (χ1n) is 14.4. The van der Waals surface area contributed by atoms with Crippen molar-refractivity contribution in [2.75, 3.05) is 11.5 Å². The molecule has 0 amide bonds. The van der Waals surface area contributed by atoms with Crippen LogP contribution in [0.4, 0.5) is 11.4 Å². The van der Waals surface area contributed by atoms with Gasteiger partial charge in [-0.05, 0) is 89.2 Å². The molecule has 198 valence electrons. The fourth-order valence-corrected chi connectivity index (χ4v) is 5.75. The predicted molar refractivity (Wildman–Crippen MR) is 165 cm³/mol. The van der Waals surface area contributed by atoms with Crippen LogP contribution in [0.5, 0.6) is 0 Å². The first-order chi connectivity index (χ1) is 18.5. The molecule has 0 aliphatic rings. The van der Waals surface area contributed by atoms with E-state index >= 15 is 0 Å². The van der Waals surface area contributed by atoms with Crippen LogP contribution in [-0.2, 0) is 6.42 Å². The molecule has 0 fully saturated rings. The molecule has 4 N–H and O–H groups in total. The van der Waals surface area contributed by atoms with Gasteiger partial charge in [-0.2, -0.15) is 0 Å². The molecule has 3 unspecified atom stereocenters. The van der Waals surface area contributed by atoms with Gasteiger partial charge in [-0.3, -0.25) is 0 Å². The normalized spacial score (nSPS) is 13.7. The summed E-state index contributed by atoms with van der Waals surface area (Å²) in [6.45, 7) is 6.83. The average Bonchev–Trinajstić information content (AvgIpc) is 2.95. The second-order valence-electron chi connectivity index (χ2n) is 10.7. The molecule has 4 rings (SSSR count). The van der Waals surface area contributed by atoms with Crippen LogP contribution >= 0.6 is 0 Å². The molecule has 2 nitrogen and oxygen atoms in total. The van der Waals surface area contributed by atoms with Crippen LogP contribution in [0.25, 0.3) is 0 Å². The summed E-state index contributed by atoms with van der Waals surface area (Å²) >= 11 is 0. The van der Waals surface area contributed by atoms with Gasteiger partial charge in [0.05, 0.1) is 0 Å². The van der Waals surface area contributed by atoms with Crippen LogP contribution in [0.15, 0.2) is 97.1 Å². The topological polar surface area (TPSA) is 52.0 Å². The van der Waals surface area contributed by atoms with E-state index in [2.05, 4.69) is 93.6 Å². The molecule has 0 bridgehead atoms. The van der Waals surface area contributed by atoms with Crippen LogP contribution < -0.4 is 11.5 Å². The Morgan fingerprint density at radius 1 is 0.474 bits per heavy atom. The van der Waals surface area contributed by atoms with Crippen molar-refractivity contribution in [3.8, 4) is 0 Å². The van der Waals surface area contributed by atoms with Crippen molar-refractivity contribution in [1.29, 1.82) is 0 Å². The summed E-state index contributed by atoms with van der Waals surface area (Å²) in [7, 11) is 0. The van der Waals surface area contributed by atoms with Crippen molar-refractivity contribution < 1.29 is 0 Å².